The number of phenolic OH excluding ortho intramolecular Hbond substituents is 1. The maximum absolute atomic E-state index is 11.6. The first-order valence-electron chi connectivity index (χ1n) is 6.15. The van der Waals surface area contributed by atoms with Crippen LogP contribution in [0.25, 0.3) is 0 Å². The molecule has 2 N–H and O–H groups in total. The van der Waals surface area contributed by atoms with Crippen LogP contribution in [-0.4, -0.2) is 31.3 Å². The van der Waals surface area contributed by atoms with E-state index in [-0.39, 0.29) is 17.6 Å². The summed E-state index contributed by atoms with van der Waals surface area (Å²) in [6.45, 7) is 3.21. The number of rotatable bonds is 7. The molecule has 0 bridgehead atoms. The first-order valence-corrected chi connectivity index (χ1v) is 6.15. The van der Waals surface area contributed by atoms with Crippen molar-refractivity contribution in [3.05, 3.63) is 29.8 Å². The molecule has 18 heavy (non-hydrogen) atoms. The average molecular weight is 251 g/mol. The SMILES string of the molecule is COCC(C)CC(=O)NCCc1ccc(O)cc1. The van der Waals surface area contributed by atoms with Crippen molar-refractivity contribution in [1.82, 2.24) is 5.32 Å². The Morgan fingerprint density at radius 2 is 2.06 bits per heavy atom. The molecule has 0 aliphatic rings. The summed E-state index contributed by atoms with van der Waals surface area (Å²) < 4.78 is 4.99. The standard InChI is InChI=1S/C14H21NO3/c1-11(10-18-2)9-14(17)15-8-7-12-3-5-13(16)6-4-12/h3-6,11,16H,7-10H2,1-2H3,(H,15,17). The van der Waals surface area contributed by atoms with Crippen LogP contribution in [0.3, 0.4) is 0 Å². The molecule has 0 aromatic heterocycles. The lowest BCUT2D eigenvalue weighted by atomic mass is 10.1. The molecule has 1 aromatic carbocycles. The van der Waals surface area contributed by atoms with Crippen molar-refractivity contribution in [2.75, 3.05) is 20.3 Å². The Morgan fingerprint density at radius 3 is 2.67 bits per heavy atom. The van der Waals surface area contributed by atoms with Gasteiger partial charge in [-0.05, 0) is 30.0 Å². The predicted molar refractivity (Wildman–Crippen MR) is 70.5 cm³/mol. The second-order valence-corrected chi connectivity index (χ2v) is 4.53. The van der Waals surface area contributed by atoms with Crippen LogP contribution in [0.2, 0.25) is 0 Å². The van der Waals surface area contributed by atoms with Crippen molar-refractivity contribution < 1.29 is 14.6 Å². The Hall–Kier alpha value is -1.55. The predicted octanol–water partition coefficient (Wildman–Crippen LogP) is 1.72. The van der Waals surface area contributed by atoms with E-state index in [0.717, 1.165) is 12.0 Å². The van der Waals surface area contributed by atoms with E-state index in [4.69, 9.17) is 9.84 Å². The molecule has 4 heteroatoms. The highest BCUT2D eigenvalue weighted by atomic mass is 16.5. The van der Waals surface area contributed by atoms with Gasteiger partial charge >= 0.3 is 0 Å². The Bertz CT molecular complexity index is 362. The minimum absolute atomic E-state index is 0.0540. The van der Waals surface area contributed by atoms with Crippen LogP contribution < -0.4 is 5.32 Å². The molecule has 4 nitrogen and oxygen atoms in total. The van der Waals surface area contributed by atoms with Crippen LogP contribution in [0.4, 0.5) is 0 Å². The maximum Gasteiger partial charge on any atom is 0.220 e. The second-order valence-electron chi connectivity index (χ2n) is 4.53. The zero-order valence-corrected chi connectivity index (χ0v) is 11.0. The summed E-state index contributed by atoms with van der Waals surface area (Å²) in [6.07, 6.45) is 1.26. The van der Waals surface area contributed by atoms with Crippen molar-refractivity contribution in [3.63, 3.8) is 0 Å². The molecule has 0 saturated heterocycles. The zero-order valence-electron chi connectivity index (χ0n) is 11.0. The minimum Gasteiger partial charge on any atom is -0.508 e. The minimum atomic E-state index is 0.0540. The summed E-state index contributed by atoms with van der Waals surface area (Å²) in [5, 5.41) is 12.0. The molecule has 0 spiro atoms. The molecule has 0 aliphatic carbocycles. The molecule has 1 atom stereocenters. The van der Waals surface area contributed by atoms with Crippen LogP contribution >= 0.6 is 0 Å². The van der Waals surface area contributed by atoms with Gasteiger partial charge in [0.05, 0.1) is 0 Å². The quantitative estimate of drug-likeness (QED) is 0.776. The van der Waals surface area contributed by atoms with Crippen molar-refractivity contribution in [1.29, 1.82) is 0 Å². The molecular formula is C14H21NO3. The number of nitrogens with one attached hydrogen (secondary N) is 1. The van der Waals surface area contributed by atoms with Crippen LogP contribution in [0.15, 0.2) is 24.3 Å². The summed E-state index contributed by atoms with van der Waals surface area (Å²) in [6, 6.07) is 7.01. The van der Waals surface area contributed by atoms with Crippen molar-refractivity contribution in [2.24, 2.45) is 5.92 Å². The number of ether oxygens (including phenoxy) is 1. The van der Waals surface area contributed by atoms with Gasteiger partial charge in [0.2, 0.25) is 5.91 Å². The summed E-state index contributed by atoms with van der Waals surface area (Å²) >= 11 is 0. The molecule has 1 rings (SSSR count). The van der Waals surface area contributed by atoms with Crippen molar-refractivity contribution in [3.8, 4) is 5.75 Å². The van der Waals surface area contributed by atoms with E-state index in [1.165, 1.54) is 0 Å². The molecule has 0 radical (unpaired) electrons. The smallest absolute Gasteiger partial charge is 0.220 e. The first kappa shape index (κ1) is 14.5. The highest BCUT2D eigenvalue weighted by Gasteiger charge is 2.08. The van der Waals surface area contributed by atoms with Gasteiger partial charge in [0.15, 0.2) is 0 Å². The highest BCUT2D eigenvalue weighted by Crippen LogP contribution is 2.09. The van der Waals surface area contributed by atoms with Gasteiger partial charge in [-0.25, -0.2) is 0 Å². The fourth-order valence-corrected chi connectivity index (χ4v) is 1.74. The number of benzene rings is 1. The van der Waals surface area contributed by atoms with Crippen LogP contribution in [0.1, 0.15) is 18.9 Å². The van der Waals surface area contributed by atoms with Crippen molar-refractivity contribution in [2.45, 2.75) is 19.8 Å². The molecule has 0 fully saturated rings. The Labute approximate surface area is 108 Å². The molecule has 1 amide bonds. The fourth-order valence-electron chi connectivity index (χ4n) is 1.74. The monoisotopic (exact) mass is 251 g/mol. The number of methoxy groups -OCH3 is 1. The van der Waals surface area contributed by atoms with E-state index < -0.39 is 0 Å². The van der Waals surface area contributed by atoms with Gasteiger partial charge in [0.25, 0.3) is 0 Å². The van der Waals surface area contributed by atoms with E-state index >= 15 is 0 Å². The van der Waals surface area contributed by atoms with Crippen LogP contribution in [0.5, 0.6) is 5.75 Å². The molecule has 0 saturated carbocycles. The Balaban J connectivity index is 2.21. The molecule has 0 aliphatic heterocycles. The Morgan fingerprint density at radius 1 is 1.39 bits per heavy atom. The number of carbonyl (C=O) groups is 1. The van der Waals surface area contributed by atoms with Crippen LogP contribution in [-0.2, 0) is 16.0 Å². The van der Waals surface area contributed by atoms with E-state index in [2.05, 4.69) is 5.32 Å². The fraction of sp³-hybridized carbons (Fsp3) is 0.500. The third-order valence-corrected chi connectivity index (χ3v) is 2.66. The molecule has 100 valence electrons. The normalized spacial score (nSPS) is 12.1. The molecule has 1 aromatic rings. The topological polar surface area (TPSA) is 58.6 Å². The lowest BCUT2D eigenvalue weighted by Gasteiger charge is -2.10. The van der Waals surface area contributed by atoms with Gasteiger partial charge in [0.1, 0.15) is 5.75 Å². The summed E-state index contributed by atoms with van der Waals surface area (Å²) in [4.78, 5) is 11.6. The lowest BCUT2D eigenvalue weighted by molar-refractivity contribution is -0.122. The van der Waals surface area contributed by atoms with E-state index in [0.29, 0.717) is 19.6 Å². The largest absolute Gasteiger partial charge is 0.508 e. The molecular weight excluding hydrogens is 230 g/mol. The third kappa shape index (κ3) is 5.68. The van der Waals surface area contributed by atoms with E-state index in [1.807, 2.05) is 19.1 Å². The zero-order chi connectivity index (χ0) is 13.4. The summed E-state index contributed by atoms with van der Waals surface area (Å²) in [7, 11) is 1.64. The number of hydrogen-bond acceptors (Lipinski definition) is 3. The van der Waals surface area contributed by atoms with Gasteiger partial charge in [-0.15, -0.1) is 0 Å². The van der Waals surface area contributed by atoms with Gasteiger partial charge in [0, 0.05) is 26.7 Å². The summed E-state index contributed by atoms with van der Waals surface area (Å²) in [5.41, 5.74) is 1.10. The number of amides is 1. The summed E-state index contributed by atoms with van der Waals surface area (Å²) in [5.74, 6) is 0.554. The van der Waals surface area contributed by atoms with Gasteiger partial charge in [-0.3, -0.25) is 4.79 Å². The highest BCUT2D eigenvalue weighted by molar-refractivity contribution is 5.76. The number of aromatic hydroxyl groups is 1. The van der Waals surface area contributed by atoms with Gasteiger partial charge < -0.3 is 15.2 Å². The lowest BCUT2D eigenvalue weighted by Crippen LogP contribution is -2.27. The maximum atomic E-state index is 11.6. The van der Waals surface area contributed by atoms with Crippen LogP contribution in [0, 0.1) is 5.92 Å². The van der Waals surface area contributed by atoms with Gasteiger partial charge in [-0.2, -0.15) is 0 Å². The van der Waals surface area contributed by atoms with E-state index in [1.54, 1.807) is 19.2 Å². The number of hydrogen-bond donors (Lipinski definition) is 2. The molecule has 1 unspecified atom stereocenters. The van der Waals surface area contributed by atoms with Gasteiger partial charge in [-0.1, -0.05) is 19.1 Å². The average Bonchev–Trinajstić information content (AvgIpc) is 2.32. The second kappa shape index (κ2) is 7.71. The number of phenols is 1. The molecule has 0 heterocycles. The number of carbonyl (C=O) groups excluding carboxylic acids is 1. The first-order chi connectivity index (χ1) is 8.61. The van der Waals surface area contributed by atoms with Crippen molar-refractivity contribution >= 4 is 5.91 Å². The third-order valence-electron chi connectivity index (χ3n) is 2.66. The van der Waals surface area contributed by atoms with E-state index in [9.17, 15) is 4.79 Å². The Kier molecular flexibility index (Phi) is 6.22.